The Labute approximate surface area is 245 Å². The minimum Gasteiger partial charge on any atom is -0.455 e. The van der Waals surface area contributed by atoms with Gasteiger partial charge in [0.15, 0.2) is 5.78 Å². The molecule has 0 radical (unpaired) electrons. The second-order valence-electron chi connectivity index (χ2n) is 11.1. The number of nitrogens with zero attached hydrogens (tertiary/aromatic N) is 2. The van der Waals surface area contributed by atoms with Gasteiger partial charge in [-0.2, -0.15) is 0 Å². The van der Waals surface area contributed by atoms with Gasteiger partial charge in [0.1, 0.15) is 28.8 Å². The molecule has 1 aliphatic carbocycles. The molecule has 1 saturated carbocycles. The van der Waals surface area contributed by atoms with E-state index in [1.807, 2.05) is 13.0 Å². The van der Waals surface area contributed by atoms with Crippen LogP contribution in [0.4, 0.5) is 8.78 Å². The second-order valence-corrected chi connectivity index (χ2v) is 11.1. The van der Waals surface area contributed by atoms with E-state index in [0.29, 0.717) is 16.7 Å². The van der Waals surface area contributed by atoms with Crippen molar-refractivity contribution in [3.05, 3.63) is 107 Å². The van der Waals surface area contributed by atoms with Gasteiger partial charge in [0.05, 0.1) is 28.2 Å². The van der Waals surface area contributed by atoms with Crippen molar-refractivity contribution < 1.29 is 22.8 Å². The highest BCUT2D eigenvalue weighted by molar-refractivity contribution is 6.12. The van der Waals surface area contributed by atoms with Gasteiger partial charge in [-0.3, -0.25) is 14.6 Å². The molecule has 1 fully saturated rings. The first-order chi connectivity index (χ1) is 20.8. The zero-order chi connectivity index (χ0) is 29.9. The molecule has 3 heterocycles. The summed E-state index contributed by atoms with van der Waals surface area (Å²) < 4.78 is 36.0. The summed E-state index contributed by atoms with van der Waals surface area (Å²) in [6.07, 6.45) is 5.37. The van der Waals surface area contributed by atoms with Crippen molar-refractivity contribution in [3.8, 4) is 22.5 Å². The van der Waals surface area contributed by atoms with Crippen molar-refractivity contribution in [2.45, 2.75) is 31.6 Å². The summed E-state index contributed by atoms with van der Waals surface area (Å²) in [6, 6.07) is 15.8. The lowest BCUT2D eigenvalue weighted by Gasteiger charge is -2.14. The number of benzene rings is 3. The molecule has 0 unspecified atom stereocenters. The van der Waals surface area contributed by atoms with Gasteiger partial charge in [0.25, 0.3) is 5.91 Å². The van der Waals surface area contributed by atoms with Gasteiger partial charge >= 0.3 is 0 Å². The molecule has 0 spiro atoms. The number of amides is 1. The number of aromatic amines is 1. The molecule has 9 heteroatoms. The van der Waals surface area contributed by atoms with Crippen LogP contribution in [0.15, 0.2) is 77.5 Å². The minimum absolute atomic E-state index is 0.0172. The molecule has 2 N–H and O–H groups in total. The summed E-state index contributed by atoms with van der Waals surface area (Å²) in [7, 11) is 1.45. The average Bonchev–Trinajstić information content (AvgIpc) is 3.48. The molecule has 7 nitrogen and oxygen atoms in total. The SMILES string of the molecule is CNC(=O)c1c(-c2ccc(F)cc2)oc2ccc(-c3cc(C(=O)CC4(c5nc6ccncc6[nH]5)CC4)ccc3C)c(F)c12. The quantitative estimate of drug-likeness (QED) is 0.194. The number of H-pyrrole nitrogens is 1. The Morgan fingerprint density at radius 3 is 2.53 bits per heavy atom. The number of aryl methyl sites for hydroxylation is 1. The number of aromatic nitrogens is 3. The first-order valence-corrected chi connectivity index (χ1v) is 14.0. The highest BCUT2D eigenvalue weighted by Crippen LogP contribution is 2.51. The highest BCUT2D eigenvalue weighted by Gasteiger charge is 2.48. The number of Topliss-reactive ketones (excluding diaryl/α,β-unsaturated/α-hetero) is 1. The molecule has 0 aliphatic heterocycles. The lowest BCUT2D eigenvalue weighted by molar-refractivity contribution is 0.0958. The summed E-state index contributed by atoms with van der Waals surface area (Å²) in [4.78, 5) is 38.8. The van der Waals surface area contributed by atoms with Crippen molar-refractivity contribution >= 4 is 33.7 Å². The predicted molar refractivity (Wildman–Crippen MR) is 159 cm³/mol. The van der Waals surface area contributed by atoms with E-state index in [-0.39, 0.29) is 45.5 Å². The Bertz CT molecular complexity index is 2040. The molecular formula is C34H26F2N4O3. The molecule has 6 aromatic rings. The standard InChI is InChI=1S/C34H26F2N4O3/c1-18-3-4-20(26(41)16-34(12-13-34)33-39-24-11-14-38-17-25(24)40-33)15-23(18)22-9-10-27-28(30(22)36)29(32(42)37-2)31(43-27)19-5-7-21(35)8-6-19/h3-11,14-15,17H,12-13,16H2,1-2H3,(H,37,42)(H,39,40). The Morgan fingerprint density at radius 1 is 1.02 bits per heavy atom. The lowest BCUT2D eigenvalue weighted by atomic mass is 9.91. The topological polar surface area (TPSA) is 101 Å². The Hall–Kier alpha value is -5.18. The van der Waals surface area contributed by atoms with Crippen LogP contribution in [0.2, 0.25) is 0 Å². The van der Waals surface area contributed by atoms with Gasteiger partial charge < -0.3 is 14.7 Å². The number of rotatable bonds is 7. The molecule has 7 rings (SSSR count). The van der Waals surface area contributed by atoms with Crippen molar-refractivity contribution in [1.82, 2.24) is 20.3 Å². The number of pyridine rings is 1. The van der Waals surface area contributed by atoms with Crippen LogP contribution in [0.3, 0.4) is 0 Å². The first-order valence-electron chi connectivity index (χ1n) is 14.0. The van der Waals surface area contributed by atoms with Crippen molar-refractivity contribution in [1.29, 1.82) is 0 Å². The number of nitrogens with one attached hydrogen (secondary N) is 2. The maximum absolute atomic E-state index is 16.4. The summed E-state index contributed by atoms with van der Waals surface area (Å²) >= 11 is 0. The maximum atomic E-state index is 16.4. The number of ketones is 1. The van der Waals surface area contributed by atoms with Crippen LogP contribution in [0, 0.1) is 18.6 Å². The van der Waals surface area contributed by atoms with Crippen LogP contribution in [-0.4, -0.2) is 33.7 Å². The largest absolute Gasteiger partial charge is 0.455 e. The number of carbonyl (C=O) groups is 2. The van der Waals surface area contributed by atoms with E-state index in [1.165, 1.54) is 31.3 Å². The van der Waals surface area contributed by atoms with E-state index in [9.17, 15) is 14.0 Å². The number of carbonyl (C=O) groups excluding carboxylic acids is 2. The maximum Gasteiger partial charge on any atom is 0.255 e. The van der Waals surface area contributed by atoms with Gasteiger partial charge in [0, 0.05) is 41.8 Å². The van der Waals surface area contributed by atoms with Crippen LogP contribution in [0.25, 0.3) is 44.5 Å². The van der Waals surface area contributed by atoms with E-state index in [0.717, 1.165) is 35.3 Å². The van der Waals surface area contributed by atoms with Gasteiger partial charge in [-0.15, -0.1) is 0 Å². The molecule has 1 aliphatic rings. The van der Waals surface area contributed by atoms with Crippen molar-refractivity contribution in [2.24, 2.45) is 0 Å². The minimum atomic E-state index is -0.643. The van der Waals surface area contributed by atoms with Crippen LogP contribution in [0.1, 0.15) is 51.4 Å². The number of fused-ring (bicyclic) bond motifs is 2. The summed E-state index contributed by atoms with van der Waals surface area (Å²) in [6.45, 7) is 1.84. The third-order valence-corrected chi connectivity index (χ3v) is 8.34. The van der Waals surface area contributed by atoms with Crippen LogP contribution in [-0.2, 0) is 5.41 Å². The van der Waals surface area contributed by atoms with Crippen LogP contribution in [0.5, 0.6) is 0 Å². The van der Waals surface area contributed by atoms with E-state index < -0.39 is 17.5 Å². The zero-order valence-electron chi connectivity index (χ0n) is 23.4. The molecule has 0 atom stereocenters. The van der Waals surface area contributed by atoms with E-state index >= 15 is 4.39 Å². The fourth-order valence-electron chi connectivity index (χ4n) is 5.76. The van der Waals surface area contributed by atoms with Gasteiger partial charge in [-0.05, 0) is 79.4 Å². The summed E-state index contributed by atoms with van der Waals surface area (Å²) in [5.41, 5.74) is 3.93. The van der Waals surface area contributed by atoms with Gasteiger partial charge in [0.2, 0.25) is 0 Å². The third-order valence-electron chi connectivity index (χ3n) is 8.34. The zero-order valence-corrected chi connectivity index (χ0v) is 23.4. The molecule has 3 aromatic carbocycles. The van der Waals surface area contributed by atoms with Crippen molar-refractivity contribution in [3.63, 3.8) is 0 Å². The number of hydrogen-bond donors (Lipinski definition) is 2. The van der Waals surface area contributed by atoms with E-state index in [2.05, 4.69) is 15.3 Å². The molecule has 214 valence electrons. The first kappa shape index (κ1) is 26.7. The number of hydrogen-bond acceptors (Lipinski definition) is 5. The van der Waals surface area contributed by atoms with Gasteiger partial charge in [-0.1, -0.05) is 12.1 Å². The van der Waals surface area contributed by atoms with E-state index in [1.54, 1.807) is 42.7 Å². The second kappa shape index (κ2) is 9.97. The Morgan fingerprint density at radius 2 is 1.81 bits per heavy atom. The fourth-order valence-corrected chi connectivity index (χ4v) is 5.76. The molecule has 1 amide bonds. The van der Waals surface area contributed by atoms with E-state index in [4.69, 9.17) is 9.40 Å². The normalized spacial score (nSPS) is 13.9. The lowest BCUT2D eigenvalue weighted by Crippen LogP contribution is -2.18. The molecule has 0 saturated heterocycles. The number of furan rings is 1. The predicted octanol–water partition coefficient (Wildman–Crippen LogP) is 7.29. The monoisotopic (exact) mass is 576 g/mol. The average molecular weight is 577 g/mol. The molecule has 43 heavy (non-hydrogen) atoms. The summed E-state index contributed by atoms with van der Waals surface area (Å²) in [5, 5.41) is 2.57. The summed E-state index contributed by atoms with van der Waals surface area (Å²) in [5.74, 6) is -0.760. The highest BCUT2D eigenvalue weighted by atomic mass is 19.1. The number of imidazole rings is 1. The van der Waals surface area contributed by atoms with Gasteiger partial charge in [-0.25, -0.2) is 13.8 Å². The Balaban J connectivity index is 1.27. The molecular weight excluding hydrogens is 550 g/mol. The number of halogens is 2. The van der Waals surface area contributed by atoms with Crippen LogP contribution < -0.4 is 5.32 Å². The fraction of sp³-hybridized carbons (Fsp3) is 0.176. The third kappa shape index (κ3) is 4.48. The van der Waals surface area contributed by atoms with Crippen molar-refractivity contribution in [2.75, 3.05) is 7.05 Å². The molecule has 3 aromatic heterocycles. The smallest absolute Gasteiger partial charge is 0.255 e. The Kier molecular flexibility index (Phi) is 6.19. The molecule has 0 bridgehead atoms. The van der Waals surface area contributed by atoms with Crippen LogP contribution >= 0.6 is 0 Å².